The number of likely N-dealkylation sites (N-methyl/N-ethyl adjacent to an activating group) is 1. The fourth-order valence-corrected chi connectivity index (χ4v) is 7.92. The van der Waals surface area contributed by atoms with Crippen molar-refractivity contribution in [2.75, 3.05) is 71.3 Å². The Morgan fingerprint density at radius 2 is 1.65 bits per heavy atom. The Bertz CT molecular complexity index is 1620. The number of benzene rings is 1. The van der Waals surface area contributed by atoms with Crippen molar-refractivity contribution in [3.63, 3.8) is 0 Å². The molecule has 2 aromatic heterocycles. The van der Waals surface area contributed by atoms with E-state index in [4.69, 9.17) is 4.74 Å². The van der Waals surface area contributed by atoms with Gasteiger partial charge in [-0.2, -0.15) is 0 Å². The fraction of sp³-hybridized carbons (Fsp3) is 0.556. The number of aryl methyl sites for hydroxylation is 1. The Labute approximate surface area is 282 Å². The van der Waals surface area contributed by atoms with Crippen LogP contribution in [0.5, 0.6) is 0 Å². The summed E-state index contributed by atoms with van der Waals surface area (Å²) in [6, 6.07) is 10.4. The van der Waals surface area contributed by atoms with Gasteiger partial charge in [0.2, 0.25) is 0 Å². The van der Waals surface area contributed by atoms with Gasteiger partial charge < -0.3 is 34.1 Å². The highest BCUT2D eigenvalue weighted by Crippen LogP contribution is 2.26. The molecule has 12 nitrogen and oxygen atoms in total. The third-order valence-corrected chi connectivity index (χ3v) is 10.8. The second-order valence-corrected chi connectivity index (χ2v) is 13.9. The minimum atomic E-state index is -0.925. The molecule has 0 radical (unpaired) electrons. The molecule has 7 rings (SSSR count). The highest BCUT2D eigenvalue weighted by atomic mass is 16.6. The summed E-state index contributed by atoms with van der Waals surface area (Å²) in [5, 5.41) is 3.06. The molecular weight excluding hydrogens is 608 g/mol. The number of likely N-dealkylation sites (tertiary alicyclic amines) is 2. The van der Waals surface area contributed by atoms with Gasteiger partial charge in [-0.15, -0.1) is 0 Å². The number of rotatable bonds is 6. The van der Waals surface area contributed by atoms with Crippen LogP contribution in [0, 0.1) is 6.92 Å². The van der Waals surface area contributed by atoms with Gasteiger partial charge in [0, 0.05) is 102 Å². The van der Waals surface area contributed by atoms with E-state index in [0.717, 1.165) is 73.5 Å². The number of para-hydroxylation sites is 1. The van der Waals surface area contributed by atoms with Gasteiger partial charge in [0.15, 0.2) is 6.10 Å². The molecule has 256 valence electrons. The van der Waals surface area contributed by atoms with E-state index >= 15 is 0 Å². The van der Waals surface area contributed by atoms with Gasteiger partial charge in [-0.1, -0.05) is 24.3 Å². The molecule has 3 fully saturated rings. The topological polar surface area (TPSA) is 106 Å². The summed E-state index contributed by atoms with van der Waals surface area (Å²) >= 11 is 0. The van der Waals surface area contributed by atoms with Crippen molar-refractivity contribution < 1.29 is 19.1 Å². The molecule has 1 aromatic carbocycles. The molecule has 12 heteroatoms. The Morgan fingerprint density at radius 3 is 2.42 bits per heavy atom. The first kappa shape index (κ1) is 32.4. The zero-order valence-electron chi connectivity index (χ0n) is 28.2. The van der Waals surface area contributed by atoms with Crippen LogP contribution in [0.1, 0.15) is 42.4 Å². The van der Waals surface area contributed by atoms with Crippen LogP contribution in [0.15, 0.2) is 48.9 Å². The number of imidazole rings is 1. The fourth-order valence-electron chi connectivity index (χ4n) is 7.92. The van der Waals surface area contributed by atoms with Crippen LogP contribution in [0.4, 0.5) is 15.3 Å². The molecular formula is C36H48N8O4. The minimum Gasteiger partial charge on any atom is -0.436 e. The summed E-state index contributed by atoms with van der Waals surface area (Å²) in [6.07, 6.45) is 8.50. The third-order valence-electron chi connectivity index (χ3n) is 10.8. The molecule has 0 saturated carbocycles. The van der Waals surface area contributed by atoms with Crippen LogP contribution in [0.3, 0.4) is 0 Å². The van der Waals surface area contributed by atoms with Crippen molar-refractivity contribution in [1.29, 1.82) is 0 Å². The van der Waals surface area contributed by atoms with E-state index < -0.39 is 12.2 Å². The number of nitrogens with one attached hydrogen (secondary N) is 1. The Morgan fingerprint density at radius 1 is 0.938 bits per heavy atom. The van der Waals surface area contributed by atoms with Crippen LogP contribution in [0.2, 0.25) is 0 Å². The molecule has 3 saturated heterocycles. The maximum Gasteiger partial charge on any atom is 0.410 e. The summed E-state index contributed by atoms with van der Waals surface area (Å²) in [7, 11) is 2.17. The lowest BCUT2D eigenvalue weighted by atomic mass is 10.0. The molecule has 0 aliphatic carbocycles. The molecule has 3 aromatic rings. The van der Waals surface area contributed by atoms with Crippen molar-refractivity contribution in [2.45, 2.75) is 63.6 Å². The number of amides is 4. The van der Waals surface area contributed by atoms with Crippen molar-refractivity contribution in [3.05, 3.63) is 65.6 Å². The second-order valence-electron chi connectivity index (χ2n) is 13.9. The van der Waals surface area contributed by atoms with Crippen molar-refractivity contribution in [1.82, 2.24) is 33.9 Å². The highest BCUT2D eigenvalue weighted by Gasteiger charge is 2.36. The number of urea groups is 1. The third kappa shape index (κ3) is 7.00. The van der Waals surface area contributed by atoms with E-state index in [1.54, 1.807) is 11.1 Å². The average Bonchev–Trinajstić information content (AvgIpc) is 3.52. The SMILES string of the molecule is Cc1cc(CC(OC(=O)N2CCC(N3CCc4ccccc4NC3=O)CC2)C(=O)N2CCC(N3CCN(C)CC3)CC2)cn2ccnc12. The lowest BCUT2D eigenvalue weighted by Gasteiger charge is -2.42. The van der Waals surface area contributed by atoms with E-state index in [9.17, 15) is 14.4 Å². The second kappa shape index (κ2) is 14.1. The van der Waals surface area contributed by atoms with Crippen molar-refractivity contribution >= 4 is 29.4 Å². The van der Waals surface area contributed by atoms with Crippen LogP contribution >= 0.6 is 0 Å². The van der Waals surface area contributed by atoms with Crippen molar-refractivity contribution in [2.24, 2.45) is 0 Å². The summed E-state index contributed by atoms with van der Waals surface area (Å²) < 4.78 is 8.08. The molecule has 0 spiro atoms. The Balaban J connectivity index is 0.996. The van der Waals surface area contributed by atoms with Gasteiger partial charge in [0.1, 0.15) is 5.65 Å². The normalized spacial score (nSPS) is 21.1. The van der Waals surface area contributed by atoms with Crippen LogP contribution in [0.25, 0.3) is 5.65 Å². The van der Waals surface area contributed by atoms with E-state index in [1.165, 1.54) is 0 Å². The molecule has 0 bridgehead atoms. The quantitative estimate of drug-likeness (QED) is 0.433. The standard InChI is InChI=1S/C36H48N8O4/c1-26-23-27(25-43-18-12-37-33(26)43)24-32(34(45)41-13-8-29(9-14-41)40-21-19-39(2)20-22-40)48-36(47)42-15-10-30(11-16-42)44-17-7-28-5-3-4-6-31(28)38-35(44)46/h3-6,12,18,23,25,29-30,32H,7-11,13-17,19-22,24H2,1-2H3,(H,38,46). The number of piperazine rings is 1. The van der Waals surface area contributed by atoms with E-state index in [1.807, 2.05) is 57.8 Å². The first-order valence-corrected chi connectivity index (χ1v) is 17.6. The number of piperidine rings is 2. The molecule has 6 heterocycles. The lowest BCUT2D eigenvalue weighted by Crippen LogP contribution is -2.54. The van der Waals surface area contributed by atoms with E-state index in [-0.39, 0.29) is 18.0 Å². The molecule has 1 N–H and O–H groups in total. The number of aromatic nitrogens is 2. The average molecular weight is 657 g/mol. The number of anilines is 1. The first-order valence-electron chi connectivity index (χ1n) is 17.6. The van der Waals surface area contributed by atoms with Gasteiger partial charge in [-0.25, -0.2) is 14.6 Å². The Hall–Kier alpha value is -4.16. The summed E-state index contributed by atoms with van der Waals surface area (Å²) in [5.41, 5.74) is 4.80. The zero-order chi connectivity index (χ0) is 33.2. The predicted octanol–water partition coefficient (Wildman–Crippen LogP) is 3.48. The first-order chi connectivity index (χ1) is 23.3. The molecule has 1 atom stereocenters. The molecule has 4 aliphatic heterocycles. The zero-order valence-corrected chi connectivity index (χ0v) is 28.2. The van der Waals surface area contributed by atoms with E-state index in [2.05, 4.69) is 33.2 Å². The maximum absolute atomic E-state index is 14.1. The predicted molar refractivity (Wildman–Crippen MR) is 183 cm³/mol. The van der Waals surface area contributed by atoms with Gasteiger partial charge in [-0.05, 0) is 68.8 Å². The largest absolute Gasteiger partial charge is 0.436 e. The smallest absolute Gasteiger partial charge is 0.410 e. The van der Waals surface area contributed by atoms with Gasteiger partial charge in [0.05, 0.1) is 0 Å². The lowest BCUT2D eigenvalue weighted by molar-refractivity contribution is -0.142. The van der Waals surface area contributed by atoms with E-state index in [0.29, 0.717) is 58.0 Å². The monoisotopic (exact) mass is 656 g/mol. The number of hydrogen-bond acceptors (Lipinski definition) is 7. The van der Waals surface area contributed by atoms with Gasteiger partial charge in [0.25, 0.3) is 5.91 Å². The maximum atomic E-state index is 14.1. The number of carbonyl (C=O) groups is 3. The van der Waals surface area contributed by atoms with Gasteiger partial charge >= 0.3 is 12.1 Å². The number of ether oxygens (including phenoxy) is 1. The molecule has 4 amide bonds. The minimum absolute atomic E-state index is 0.0345. The molecule has 48 heavy (non-hydrogen) atoms. The number of fused-ring (bicyclic) bond motifs is 2. The number of pyridine rings is 1. The summed E-state index contributed by atoms with van der Waals surface area (Å²) in [5.74, 6) is -0.126. The van der Waals surface area contributed by atoms with Gasteiger partial charge in [-0.3, -0.25) is 9.69 Å². The summed E-state index contributed by atoms with van der Waals surface area (Å²) in [4.78, 5) is 55.8. The number of hydrogen-bond donors (Lipinski definition) is 1. The summed E-state index contributed by atoms with van der Waals surface area (Å²) in [6.45, 7) is 9.20. The molecule has 1 unspecified atom stereocenters. The van der Waals surface area contributed by atoms with Crippen LogP contribution < -0.4 is 5.32 Å². The van der Waals surface area contributed by atoms with Crippen LogP contribution in [-0.2, 0) is 22.4 Å². The number of carbonyl (C=O) groups excluding carboxylic acids is 3. The Kier molecular flexibility index (Phi) is 9.54. The highest BCUT2D eigenvalue weighted by molar-refractivity contribution is 5.91. The molecule has 4 aliphatic rings. The van der Waals surface area contributed by atoms with Crippen molar-refractivity contribution in [3.8, 4) is 0 Å². The van der Waals surface area contributed by atoms with Crippen LogP contribution in [-0.4, -0.2) is 136 Å². The number of nitrogens with zero attached hydrogens (tertiary/aromatic N) is 7.